The van der Waals surface area contributed by atoms with Crippen molar-refractivity contribution in [2.45, 2.75) is 12.5 Å². The molecule has 1 heterocycles. The van der Waals surface area contributed by atoms with Gasteiger partial charge in [0.2, 0.25) is 0 Å². The molecule has 1 atom stereocenters. The molecule has 3 nitrogen and oxygen atoms in total. The summed E-state index contributed by atoms with van der Waals surface area (Å²) in [5, 5.41) is 3.33. The molecule has 1 aliphatic rings. The molecule has 0 aliphatic carbocycles. The molecule has 3 heteroatoms. The van der Waals surface area contributed by atoms with Gasteiger partial charge in [-0.05, 0) is 23.6 Å². The average molecular weight is 192 g/mol. The third kappa shape index (κ3) is 1.74. The summed E-state index contributed by atoms with van der Waals surface area (Å²) < 4.78 is 5.04. The standard InChI is InChI=1S/C11H16N2O/c1-14-7-10(12)8-2-3-11-9(6-8)4-5-13-11/h2-3,6,10,13H,4-5,7,12H2,1H3. The summed E-state index contributed by atoms with van der Waals surface area (Å²) in [7, 11) is 1.68. The van der Waals surface area contributed by atoms with Crippen molar-refractivity contribution in [1.29, 1.82) is 0 Å². The second kappa shape index (κ2) is 3.98. The maximum Gasteiger partial charge on any atom is 0.0655 e. The van der Waals surface area contributed by atoms with Crippen LogP contribution in [0.4, 0.5) is 5.69 Å². The second-order valence-electron chi connectivity index (χ2n) is 3.66. The molecule has 3 N–H and O–H groups in total. The minimum absolute atomic E-state index is 0.00843. The van der Waals surface area contributed by atoms with Gasteiger partial charge in [0, 0.05) is 19.3 Å². The second-order valence-corrected chi connectivity index (χ2v) is 3.66. The van der Waals surface area contributed by atoms with Crippen LogP contribution < -0.4 is 11.1 Å². The predicted octanol–water partition coefficient (Wildman–Crippen LogP) is 1.30. The maximum atomic E-state index is 5.95. The molecule has 0 saturated carbocycles. The number of hydrogen-bond donors (Lipinski definition) is 2. The van der Waals surface area contributed by atoms with Gasteiger partial charge in [-0.1, -0.05) is 12.1 Å². The van der Waals surface area contributed by atoms with Crippen molar-refractivity contribution < 1.29 is 4.74 Å². The number of fused-ring (bicyclic) bond motifs is 1. The maximum absolute atomic E-state index is 5.95. The average Bonchev–Trinajstić information content (AvgIpc) is 2.64. The molecule has 1 aromatic carbocycles. The molecule has 2 rings (SSSR count). The molecular formula is C11H16N2O. The third-order valence-corrected chi connectivity index (χ3v) is 2.61. The first-order valence-corrected chi connectivity index (χ1v) is 4.92. The van der Waals surface area contributed by atoms with Crippen molar-refractivity contribution in [3.05, 3.63) is 29.3 Å². The fourth-order valence-corrected chi connectivity index (χ4v) is 1.83. The van der Waals surface area contributed by atoms with Gasteiger partial charge < -0.3 is 15.8 Å². The minimum Gasteiger partial charge on any atom is -0.384 e. The van der Waals surface area contributed by atoms with Gasteiger partial charge in [-0.2, -0.15) is 0 Å². The lowest BCUT2D eigenvalue weighted by Crippen LogP contribution is -2.16. The van der Waals surface area contributed by atoms with Gasteiger partial charge >= 0.3 is 0 Å². The Kier molecular flexibility index (Phi) is 2.70. The van der Waals surface area contributed by atoms with E-state index in [1.165, 1.54) is 11.3 Å². The number of methoxy groups -OCH3 is 1. The van der Waals surface area contributed by atoms with Gasteiger partial charge in [0.1, 0.15) is 0 Å². The van der Waals surface area contributed by atoms with Crippen molar-refractivity contribution in [2.24, 2.45) is 5.73 Å². The predicted molar refractivity (Wildman–Crippen MR) is 57.4 cm³/mol. The van der Waals surface area contributed by atoms with Crippen LogP contribution in [0, 0.1) is 0 Å². The van der Waals surface area contributed by atoms with Crippen LogP contribution in [0.5, 0.6) is 0 Å². The molecule has 76 valence electrons. The summed E-state index contributed by atoms with van der Waals surface area (Å²) in [4.78, 5) is 0. The van der Waals surface area contributed by atoms with Crippen molar-refractivity contribution in [3.63, 3.8) is 0 Å². The number of benzene rings is 1. The fraction of sp³-hybridized carbons (Fsp3) is 0.455. The quantitative estimate of drug-likeness (QED) is 0.759. The van der Waals surface area contributed by atoms with Gasteiger partial charge in [-0.25, -0.2) is 0 Å². The Balaban J connectivity index is 2.19. The van der Waals surface area contributed by atoms with Crippen LogP contribution in [-0.2, 0) is 11.2 Å². The number of nitrogens with one attached hydrogen (secondary N) is 1. The number of hydrogen-bond acceptors (Lipinski definition) is 3. The normalized spacial score (nSPS) is 16.1. The monoisotopic (exact) mass is 192 g/mol. The van der Waals surface area contributed by atoms with Gasteiger partial charge in [0.05, 0.1) is 12.6 Å². The van der Waals surface area contributed by atoms with Crippen LogP contribution in [0.1, 0.15) is 17.2 Å². The van der Waals surface area contributed by atoms with E-state index in [-0.39, 0.29) is 6.04 Å². The lowest BCUT2D eigenvalue weighted by atomic mass is 10.0. The summed E-state index contributed by atoms with van der Waals surface area (Å²) in [6, 6.07) is 6.35. The lowest BCUT2D eigenvalue weighted by molar-refractivity contribution is 0.181. The van der Waals surface area contributed by atoms with E-state index in [4.69, 9.17) is 10.5 Å². The molecule has 1 unspecified atom stereocenters. The zero-order valence-corrected chi connectivity index (χ0v) is 8.42. The van der Waals surface area contributed by atoms with E-state index in [1.54, 1.807) is 7.11 Å². The molecule has 14 heavy (non-hydrogen) atoms. The fourth-order valence-electron chi connectivity index (χ4n) is 1.83. The topological polar surface area (TPSA) is 47.3 Å². The third-order valence-electron chi connectivity index (χ3n) is 2.61. The van der Waals surface area contributed by atoms with Crippen LogP contribution >= 0.6 is 0 Å². The first kappa shape index (κ1) is 9.49. The molecular weight excluding hydrogens is 176 g/mol. The summed E-state index contributed by atoms with van der Waals surface area (Å²) in [5.41, 5.74) is 9.73. The van der Waals surface area contributed by atoms with E-state index in [0.29, 0.717) is 6.61 Å². The number of anilines is 1. The Morgan fingerprint density at radius 2 is 2.43 bits per heavy atom. The zero-order valence-electron chi connectivity index (χ0n) is 8.42. The first-order chi connectivity index (χ1) is 6.81. The first-order valence-electron chi connectivity index (χ1n) is 4.92. The number of nitrogens with two attached hydrogens (primary N) is 1. The zero-order chi connectivity index (χ0) is 9.97. The van der Waals surface area contributed by atoms with E-state index in [9.17, 15) is 0 Å². The van der Waals surface area contributed by atoms with Crippen molar-refractivity contribution in [3.8, 4) is 0 Å². The molecule has 0 aromatic heterocycles. The van der Waals surface area contributed by atoms with Crippen LogP contribution in [0.2, 0.25) is 0 Å². The Bertz CT molecular complexity index is 325. The smallest absolute Gasteiger partial charge is 0.0655 e. The van der Waals surface area contributed by atoms with Crippen LogP contribution in [-0.4, -0.2) is 20.3 Å². The Morgan fingerprint density at radius 3 is 3.21 bits per heavy atom. The summed E-state index contributed by atoms with van der Waals surface area (Å²) >= 11 is 0. The summed E-state index contributed by atoms with van der Waals surface area (Å²) in [6.07, 6.45) is 1.10. The molecule has 0 bridgehead atoms. The van der Waals surface area contributed by atoms with E-state index >= 15 is 0 Å². The van der Waals surface area contributed by atoms with E-state index in [2.05, 4.69) is 23.5 Å². The SMILES string of the molecule is COCC(N)c1ccc2c(c1)CCN2. The van der Waals surface area contributed by atoms with Crippen LogP contribution in [0.25, 0.3) is 0 Å². The van der Waals surface area contributed by atoms with Gasteiger partial charge in [0.25, 0.3) is 0 Å². The van der Waals surface area contributed by atoms with Gasteiger partial charge in [-0.15, -0.1) is 0 Å². The van der Waals surface area contributed by atoms with E-state index < -0.39 is 0 Å². The highest BCUT2D eigenvalue weighted by molar-refractivity contribution is 5.56. The largest absolute Gasteiger partial charge is 0.384 e. The Labute approximate surface area is 84.3 Å². The van der Waals surface area contributed by atoms with Gasteiger partial charge in [-0.3, -0.25) is 0 Å². The Morgan fingerprint density at radius 1 is 1.57 bits per heavy atom. The lowest BCUT2D eigenvalue weighted by Gasteiger charge is -2.12. The van der Waals surface area contributed by atoms with Crippen LogP contribution in [0.15, 0.2) is 18.2 Å². The van der Waals surface area contributed by atoms with Gasteiger partial charge in [0.15, 0.2) is 0 Å². The minimum atomic E-state index is -0.00843. The Hall–Kier alpha value is -1.06. The highest BCUT2D eigenvalue weighted by Crippen LogP contribution is 2.25. The molecule has 0 amide bonds. The summed E-state index contributed by atoms with van der Waals surface area (Å²) in [5.74, 6) is 0. The summed E-state index contributed by atoms with van der Waals surface area (Å²) in [6.45, 7) is 1.62. The number of ether oxygens (including phenoxy) is 1. The highest BCUT2D eigenvalue weighted by Gasteiger charge is 2.12. The molecule has 0 spiro atoms. The van der Waals surface area contributed by atoms with Crippen molar-refractivity contribution in [1.82, 2.24) is 0 Å². The van der Waals surface area contributed by atoms with E-state index in [1.807, 2.05) is 0 Å². The molecule has 0 fully saturated rings. The molecule has 0 saturated heterocycles. The molecule has 1 aliphatic heterocycles. The van der Waals surface area contributed by atoms with Crippen LogP contribution in [0.3, 0.4) is 0 Å². The molecule has 0 radical (unpaired) electrons. The number of rotatable bonds is 3. The molecule has 1 aromatic rings. The van der Waals surface area contributed by atoms with Crippen molar-refractivity contribution >= 4 is 5.69 Å². The highest BCUT2D eigenvalue weighted by atomic mass is 16.5. The van der Waals surface area contributed by atoms with Crippen molar-refractivity contribution in [2.75, 3.05) is 25.6 Å². The van der Waals surface area contributed by atoms with E-state index in [0.717, 1.165) is 18.5 Å².